The molecule has 2 aromatic rings. The molecule has 1 heterocycles. The summed E-state index contributed by atoms with van der Waals surface area (Å²) in [6.07, 6.45) is 1.14. The lowest BCUT2D eigenvalue weighted by Crippen LogP contribution is -2.11. The fourth-order valence-electron chi connectivity index (χ4n) is 1.46. The highest BCUT2D eigenvalue weighted by Crippen LogP contribution is 2.27. The number of nitrogens with zero attached hydrogens (tertiary/aromatic N) is 1. The fourth-order valence-corrected chi connectivity index (χ4v) is 1.46. The number of benzene rings is 1. The van der Waals surface area contributed by atoms with Gasteiger partial charge in [-0.3, -0.25) is 4.79 Å². The van der Waals surface area contributed by atoms with Crippen molar-refractivity contribution in [2.45, 2.75) is 0 Å². The molecule has 98 valence electrons. The maximum Gasteiger partial charge on any atom is 0.339 e. The summed E-state index contributed by atoms with van der Waals surface area (Å²) >= 11 is 0. The third kappa shape index (κ3) is 2.54. The van der Waals surface area contributed by atoms with E-state index in [1.807, 2.05) is 0 Å². The number of carbonyl (C=O) groups is 1. The molecule has 2 rings (SSSR count). The quantitative estimate of drug-likeness (QED) is 0.860. The molecular formula is C12H10N2O5. The van der Waals surface area contributed by atoms with Crippen LogP contribution in [0, 0.1) is 0 Å². The summed E-state index contributed by atoms with van der Waals surface area (Å²) in [6.45, 7) is 0. The SMILES string of the molecule is COc1c(Oc2ccccc2C(=O)O)nc[nH]c1=O. The molecule has 1 aromatic carbocycles. The van der Waals surface area contributed by atoms with E-state index in [-0.39, 0.29) is 22.9 Å². The van der Waals surface area contributed by atoms with Crippen LogP contribution in [-0.4, -0.2) is 28.2 Å². The maximum absolute atomic E-state index is 11.5. The van der Waals surface area contributed by atoms with Gasteiger partial charge in [-0.25, -0.2) is 9.78 Å². The number of methoxy groups -OCH3 is 1. The molecule has 0 saturated heterocycles. The number of aromatic nitrogens is 2. The number of H-pyrrole nitrogens is 1. The van der Waals surface area contributed by atoms with Gasteiger partial charge in [-0.2, -0.15) is 0 Å². The average Bonchev–Trinajstić information content (AvgIpc) is 2.39. The fraction of sp³-hybridized carbons (Fsp3) is 0.0833. The number of hydrogen-bond acceptors (Lipinski definition) is 5. The number of carboxylic acids is 1. The Bertz CT molecular complexity index is 665. The Morgan fingerprint density at radius 3 is 2.79 bits per heavy atom. The standard InChI is InChI=1S/C12H10N2O5/c1-18-9-10(15)13-6-14-11(9)19-8-5-3-2-4-7(8)12(16)17/h2-6H,1H3,(H,16,17)(H,13,14,15). The zero-order valence-electron chi connectivity index (χ0n) is 9.91. The zero-order valence-corrected chi connectivity index (χ0v) is 9.91. The third-order valence-corrected chi connectivity index (χ3v) is 2.31. The summed E-state index contributed by atoms with van der Waals surface area (Å²) in [5, 5.41) is 9.03. The number of nitrogens with one attached hydrogen (secondary N) is 1. The van der Waals surface area contributed by atoms with Crippen molar-refractivity contribution in [1.29, 1.82) is 0 Å². The summed E-state index contributed by atoms with van der Waals surface area (Å²) in [5.41, 5.74) is -0.549. The molecule has 0 radical (unpaired) electrons. The van der Waals surface area contributed by atoms with Crippen molar-refractivity contribution >= 4 is 5.97 Å². The third-order valence-electron chi connectivity index (χ3n) is 2.31. The van der Waals surface area contributed by atoms with Crippen LogP contribution in [-0.2, 0) is 0 Å². The molecule has 0 bridgehead atoms. The van der Waals surface area contributed by atoms with Crippen LogP contribution in [0.5, 0.6) is 17.4 Å². The van der Waals surface area contributed by atoms with E-state index in [9.17, 15) is 9.59 Å². The predicted octanol–water partition coefficient (Wildman–Crippen LogP) is 1.27. The monoisotopic (exact) mass is 262 g/mol. The van der Waals surface area contributed by atoms with Crippen molar-refractivity contribution < 1.29 is 19.4 Å². The lowest BCUT2D eigenvalue weighted by atomic mass is 10.2. The smallest absolute Gasteiger partial charge is 0.339 e. The molecule has 0 aliphatic carbocycles. The first kappa shape index (κ1) is 12.6. The van der Waals surface area contributed by atoms with Crippen molar-refractivity contribution in [1.82, 2.24) is 9.97 Å². The molecule has 0 aliphatic rings. The number of aromatic carboxylic acids is 1. The van der Waals surface area contributed by atoms with Crippen LogP contribution >= 0.6 is 0 Å². The summed E-state index contributed by atoms with van der Waals surface area (Å²) in [6, 6.07) is 6.03. The zero-order chi connectivity index (χ0) is 13.8. The molecule has 2 N–H and O–H groups in total. The molecule has 0 spiro atoms. The van der Waals surface area contributed by atoms with Crippen molar-refractivity contribution in [2.24, 2.45) is 0 Å². The molecule has 0 saturated carbocycles. The van der Waals surface area contributed by atoms with Crippen LogP contribution < -0.4 is 15.0 Å². The molecule has 0 amide bonds. The van der Waals surface area contributed by atoms with Gasteiger partial charge in [-0.1, -0.05) is 12.1 Å². The van der Waals surface area contributed by atoms with E-state index < -0.39 is 11.5 Å². The molecule has 0 aliphatic heterocycles. The van der Waals surface area contributed by atoms with Gasteiger partial charge in [0.15, 0.2) is 0 Å². The lowest BCUT2D eigenvalue weighted by molar-refractivity contribution is 0.0694. The molecule has 0 atom stereocenters. The van der Waals surface area contributed by atoms with Crippen LogP contribution in [0.15, 0.2) is 35.4 Å². The Morgan fingerprint density at radius 1 is 1.37 bits per heavy atom. The van der Waals surface area contributed by atoms with Gasteiger partial charge in [0.1, 0.15) is 11.3 Å². The molecule has 19 heavy (non-hydrogen) atoms. The van der Waals surface area contributed by atoms with E-state index >= 15 is 0 Å². The largest absolute Gasteiger partial charge is 0.487 e. The van der Waals surface area contributed by atoms with Crippen molar-refractivity contribution in [3.8, 4) is 17.4 Å². The topological polar surface area (TPSA) is 102 Å². The number of ether oxygens (including phenoxy) is 2. The van der Waals surface area contributed by atoms with Gasteiger partial charge in [0.05, 0.1) is 13.4 Å². The van der Waals surface area contributed by atoms with Crippen molar-refractivity contribution in [2.75, 3.05) is 7.11 Å². The van der Waals surface area contributed by atoms with Crippen LogP contribution in [0.2, 0.25) is 0 Å². The van der Waals surface area contributed by atoms with Crippen molar-refractivity contribution in [3.05, 3.63) is 46.5 Å². The minimum Gasteiger partial charge on any atom is -0.487 e. The summed E-state index contributed by atoms with van der Waals surface area (Å²) in [5.74, 6) is -1.28. The van der Waals surface area contributed by atoms with E-state index in [1.165, 1.54) is 19.2 Å². The van der Waals surface area contributed by atoms with Crippen LogP contribution in [0.1, 0.15) is 10.4 Å². The first-order valence-corrected chi connectivity index (χ1v) is 5.25. The first-order chi connectivity index (χ1) is 9.13. The Labute approximate surface area is 107 Å². The number of para-hydroxylation sites is 1. The van der Waals surface area contributed by atoms with Crippen LogP contribution in [0.25, 0.3) is 0 Å². The van der Waals surface area contributed by atoms with Crippen LogP contribution in [0.3, 0.4) is 0 Å². The Balaban J connectivity index is 2.45. The van der Waals surface area contributed by atoms with E-state index in [2.05, 4.69) is 9.97 Å². The van der Waals surface area contributed by atoms with Gasteiger partial charge in [-0.15, -0.1) is 0 Å². The summed E-state index contributed by atoms with van der Waals surface area (Å²) in [7, 11) is 1.29. The normalized spacial score (nSPS) is 9.95. The van der Waals surface area contributed by atoms with E-state index in [1.54, 1.807) is 12.1 Å². The minimum atomic E-state index is -1.14. The molecule has 0 unspecified atom stereocenters. The van der Waals surface area contributed by atoms with Gasteiger partial charge in [-0.05, 0) is 12.1 Å². The first-order valence-electron chi connectivity index (χ1n) is 5.25. The highest BCUT2D eigenvalue weighted by Gasteiger charge is 2.16. The summed E-state index contributed by atoms with van der Waals surface area (Å²) in [4.78, 5) is 28.6. The number of hydrogen-bond donors (Lipinski definition) is 2. The minimum absolute atomic E-state index is 0.0355. The van der Waals surface area contributed by atoms with Crippen LogP contribution in [0.4, 0.5) is 0 Å². The molecular weight excluding hydrogens is 252 g/mol. The second-order valence-corrected chi connectivity index (χ2v) is 3.47. The number of carboxylic acid groups (broad SMARTS) is 1. The van der Waals surface area contributed by atoms with Gasteiger partial charge in [0.25, 0.3) is 11.4 Å². The second kappa shape index (κ2) is 5.21. The van der Waals surface area contributed by atoms with Gasteiger partial charge in [0, 0.05) is 0 Å². The van der Waals surface area contributed by atoms with E-state index in [0.29, 0.717) is 0 Å². The highest BCUT2D eigenvalue weighted by molar-refractivity contribution is 5.90. The van der Waals surface area contributed by atoms with E-state index in [0.717, 1.165) is 6.33 Å². The highest BCUT2D eigenvalue weighted by atomic mass is 16.5. The second-order valence-electron chi connectivity index (χ2n) is 3.47. The average molecular weight is 262 g/mol. The number of aromatic amines is 1. The molecule has 7 heteroatoms. The molecule has 1 aromatic heterocycles. The number of rotatable bonds is 4. The van der Waals surface area contributed by atoms with Crippen molar-refractivity contribution in [3.63, 3.8) is 0 Å². The van der Waals surface area contributed by atoms with Gasteiger partial charge < -0.3 is 19.6 Å². The predicted molar refractivity (Wildman–Crippen MR) is 64.9 cm³/mol. The van der Waals surface area contributed by atoms with E-state index in [4.69, 9.17) is 14.6 Å². The Morgan fingerprint density at radius 2 is 2.11 bits per heavy atom. The molecule has 0 fully saturated rings. The Kier molecular flexibility index (Phi) is 3.46. The molecule has 7 nitrogen and oxygen atoms in total. The lowest BCUT2D eigenvalue weighted by Gasteiger charge is -2.09. The summed E-state index contributed by atoms with van der Waals surface area (Å²) < 4.78 is 10.2. The Hall–Kier alpha value is -2.83. The van der Waals surface area contributed by atoms with Gasteiger partial charge in [0.2, 0.25) is 5.75 Å². The maximum atomic E-state index is 11.5. The van der Waals surface area contributed by atoms with Gasteiger partial charge >= 0.3 is 5.97 Å².